The molecular weight excluding hydrogens is 609 g/mol. The number of nitrogens with one attached hydrogen (secondary N) is 1. The number of rotatable bonds is 12. The predicted octanol–water partition coefficient (Wildman–Crippen LogP) is 6.94. The van der Waals surface area contributed by atoms with Crippen LogP contribution in [0.3, 0.4) is 0 Å². The fourth-order valence-electron chi connectivity index (χ4n) is 5.71. The van der Waals surface area contributed by atoms with Crippen LogP contribution in [0.5, 0.6) is 11.5 Å². The number of alkyl halides is 1. The summed E-state index contributed by atoms with van der Waals surface area (Å²) in [6.07, 6.45) is -0.294. The number of ether oxygens (including phenoxy) is 4. The van der Waals surface area contributed by atoms with Crippen molar-refractivity contribution in [3.63, 3.8) is 0 Å². The molecule has 0 saturated carbocycles. The van der Waals surface area contributed by atoms with Crippen LogP contribution in [0.4, 0.5) is 4.39 Å². The Hall–Kier alpha value is -5.12. The highest BCUT2D eigenvalue weighted by Crippen LogP contribution is 2.42. The van der Waals surface area contributed by atoms with Crippen molar-refractivity contribution in [3.05, 3.63) is 144 Å². The molecule has 0 fully saturated rings. The van der Waals surface area contributed by atoms with Crippen LogP contribution < -0.4 is 14.8 Å². The second-order valence-electron chi connectivity index (χ2n) is 11.2. The number of halogens is 1. The summed E-state index contributed by atoms with van der Waals surface area (Å²) < 4.78 is 39.8. The van der Waals surface area contributed by atoms with Crippen molar-refractivity contribution in [1.82, 2.24) is 5.32 Å². The lowest BCUT2D eigenvalue weighted by Gasteiger charge is -2.38. The van der Waals surface area contributed by atoms with E-state index in [1.165, 1.54) is 6.21 Å². The molecule has 0 spiro atoms. The maximum absolute atomic E-state index is 15.4. The molecule has 0 saturated heterocycles. The van der Waals surface area contributed by atoms with Gasteiger partial charge in [-0.1, -0.05) is 79.4 Å². The molecule has 4 aromatic carbocycles. The van der Waals surface area contributed by atoms with Crippen LogP contribution in [0.1, 0.15) is 40.4 Å². The first-order chi connectivity index (χ1) is 23.4. The normalized spacial score (nSPS) is 19.7. The number of methoxy groups -OCH3 is 2. The summed E-state index contributed by atoms with van der Waals surface area (Å²) in [7, 11) is 3.23. The molecule has 248 valence electrons. The van der Waals surface area contributed by atoms with Gasteiger partial charge in [-0.2, -0.15) is 0 Å². The summed E-state index contributed by atoms with van der Waals surface area (Å²) >= 11 is 0. The number of carbonyl (C=O) groups excluding carboxylic acids is 1. The maximum atomic E-state index is 15.4. The van der Waals surface area contributed by atoms with E-state index in [4.69, 9.17) is 18.9 Å². The van der Waals surface area contributed by atoms with Gasteiger partial charge in [0.1, 0.15) is 29.3 Å². The molecule has 0 aliphatic carbocycles. The minimum absolute atomic E-state index is 0.00742. The van der Waals surface area contributed by atoms with Crippen molar-refractivity contribution in [1.29, 1.82) is 0 Å². The SMILES string of the molecule is C=C(NC(=O)c1ccccc1)C1N=C[C@@H](F)CC(COC(c2ccccc2)(c2ccc(OC)cc2)c2ccc(OC)cc2)OC1/N=C\C. The minimum atomic E-state index is -1.45. The van der Waals surface area contributed by atoms with Crippen LogP contribution in [0, 0.1) is 0 Å². The number of aliphatic imine (C=N–C) groups is 2. The Morgan fingerprint density at radius 1 is 0.917 bits per heavy atom. The monoisotopic (exact) mass is 649 g/mol. The van der Waals surface area contributed by atoms with E-state index >= 15 is 4.39 Å². The molecule has 5 rings (SSSR count). The Balaban J connectivity index is 1.49. The molecule has 1 aliphatic rings. The van der Waals surface area contributed by atoms with Crippen molar-refractivity contribution in [2.75, 3.05) is 20.8 Å². The molecule has 4 atom stereocenters. The first kappa shape index (κ1) is 34.2. The maximum Gasteiger partial charge on any atom is 0.255 e. The van der Waals surface area contributed by atoms with Crippen LogP contribution >= 0.6 is 0 Å². The standard InChI is InChI=1S/C39H40FN3O5/c1-5-41-38-36(27(2)43-37(44)28-12-8-6-9-13-28)42-25-32(40)24-35(48-38)26-47-39(29-14-10-7-11-15-29,30-16-20-33(45-3)21-17-30)31-18-22-34(46-4)23-19-31/h5-23,25,32,35-36,38H,2,24,26H2,1,3-4H3,(H,43,44)/b41-5-,42-25?/t32-,35?,36?,38?/m0/s1. The topological polar surface area (TPSA) is 90.7 Å². The molecule has 9 heteroatoms. The highest BCUT2D eigenvalue weighted by molar-refractivity contribution is 5.95. The van der Waals surface area contributed by atoms with Gasteiger partial charge in [-0.15, -0.1) is 0 Å². The number of carbonyl (C=O) groups is 1. The molecule has 1 N–H and O–H groups in total. The fourth-order valence-corrected chi connectivity index (χ4v) is 5.71. The zero-order valence-corrected chi connectivity index (χ0v) is 27.3. The van der Waals surface area contributed by atoms with Crippen molar-refractivity contribution < 1.29 is 28.1 Å². The van der Waals surface area contributed by atoms with Crippen LogP contribution in [0.2, 0.25) is 0 Å². The summed E-state index contributed by atoms with van der Waals surface area (Å²) in [5, 5.41) is 2.80. The third kappa shape index (κ3) is 7.87. The third-order valence-electron chi connectivity index (χ3n) is 8.12. The van der Waals surface area contributed by atoms with E-state index in [0.717, 1.165) is 16.7 Å². The summed E-state index contributed by atoms with van der Waals surface area (Å²) in [5.41, 5.74) is 2.10. The molecule has 3 unspecified atom stereocenters. The third-order valence-corrected chi connectivity index (χ3v) is 8.12. The molecule has 1 amide bonds. The lowest BCUT2D eigenvalue weighted by atomic mass is 9.80. The first-order valence-corrected chi connectivity index (χ1v) is 15.7. The van der Waals surface area contributed by atoms with E-state index in [-0.39, 0.29) is 24.6 Å². The molecular formula is C39H40FN3O5. The van der Waals surface area contributed by atoms with Crippen molar-refractivity contribution >= 4 is 18.3 Å². The largest absolute Gasteiger partial charge is 0.497 e. The Labute approximate surface area is 281 Å². The summed E-state index contributed by atoms with van der Waals surface area (Å²) in [6.45, 7) is 5.81. The van der Waals surface area contributed by atoms with Crippen LogP contribution in [-0.2, 0) is 15.1 Å². The second-order valence-corrected chi connectivity index (χ2v) is 11.2. The van der Waals surface area contributed by atoms with Crippen LogP contribution in [0.25, 0.3) is 0 Å². The van der Waals surface area contributed by atoms with Gasteiger partial charge in [0.25, 0.3) is 5.91 Å². The molecule has 0 bridgehead atoms. The van der Waals surface area contributed by atoms with Gasteiger partial charge in [-0.25, -0.2) is 4.39 Å². The summed E-state index contributed by atoms with van der Waals surface area (Å²) in [4.78, 5) is 21.9. The minimum Gasteiger partial charge on any atom is -0.497 e. The van der Waals surface area contributed by atoms with Gasteiger partial charge in [-0.05, 0) is 66.2 Å². The number of hydrogen-bond donors (Lipinski definition) is 1. The van der Waals surface area contributed by atoms with Crippen molar-refractivity contribution in [2.24, 2.45) is 9.98 Å². The quantitative estimate of drug-likeness (QED) is 0.133. The zero-order chi connectivity index (χ0) is 33.9. The van der Waals surface area contributed by atoms with Gasteiger partial charge >= 0.3 is 0 Å². The molecule has 4 aromatic rings. The average Bonchev–Trinajstić information content (AvgIpc) is 3.12. The molecule has 1 heterocycles. The smallest absolute Gasteiger partial charge is 0.255 e. The molecule has 1 aliphatic heterocycles. The van der Waals surface area contributed by atoms with E-state index in [1.54, 1.807) is 51.6 Å². The number of amides is 1. The predicted molar refractivity (Wildman–Crippen MR) is 186 cm³/mol. The Kier molecular flexibility index (Phi) is 11.5. The molecule has 0 aromatic heterocycles. The van der Waals surface area contributed by atoms with Crippen LogP contribution in [-0.4, -0.2) is 63.7 Å². The molecule has 48 heavy (non-hydrogen) atoms. The van der Waals surface area contributed by atoms with Crippen molar-refractivity contribution in [3.8, 4) is 11.5 Å². The van der Waals surface area contributed by atoms with E-state index in [2.05, 4.69) is 21.9 Å². The lowest BCUT2D eigenvalue weighted by Crippen LogP contribution is -2.43. The van der Waals surface area contributed by atoms with Crippen molar-refractivity contribution in [2.45, 2.75) is 43.5 Å². The van der Waals surface area contributed by atoms with E-state index < -0.39 is 30.1 Å². The Bertz CT molecular complexity index is 1650. The van der Waals surface area contributed by atoms with Gasteiger partial charge in [0.05, 0.1) is 26.9 Å². The second kappa shape index (κ2) is 16.1. The zero-order valence-electron chi connectivity index (χ0n) is 27.3. The van der Waals surface area contributed by atoms with E-state index in [1.807, 2.05) is 84.9 Å². The van der Waals surface area contributed by atoms with E-state index in [0.29, 0.717) is 17.1 Å². The van der Waals surface area contributed by atoms with E-state index in [9.17, 15) is 4.79 Å². The van der Waals surface area contributed by atoms with Gasteiger partial charge in [0.15, 0.2) is 6.23 Å². The fraction of sp³-hybridized carbons (Fsp3) is 0.256. The molecule has 8 nitrogen and oxygen atoms in total. The van der Waals surface area contributed by atoms with Gasteiger partial charge in [-0.3, -0.25) is 14.8 Å². The highest BCUT2D eigenvalue weighted by Gasteiger charge is 2.40. The summed E-state index contributed by atoms with van der Waals surface area (Å²) in [5.74, 6) is 1.04. The molecule has 0 radical (unpaired) electrons. The lowest BCUT2D eigenvalue weighted by molar-refractivity contribution is -0.0976. The Morgan fingerprint density at radius 3 is 2.00 bits per heavy atom. The number of benzene rings is 4. The summed E-state index contributed by atoms with van der Waals surface area (Å²) in [6, 6.07) is 33.1. The Morgan fingerprint density at radius 2 is 1.46 bits per heavy atom. The van der Waals surface area contributed by atoms with Crippen LogP contribution in [0.15, 0.2) is 131 Å². The van der Waals surface area contributed by atoms with Gasteiger partial charge in [0.2, 0.25) is 0 Å². The number of hydrogen-bond acceptors (Lipinski definition) is 7. The average molecular weight is 650 g/mol. The first-order valence-electron chi connectivity index (χ1n) is 15.7. The van der Waals surface area contributed by atoms with Gasteiger partial charge < -0.3 is 24.3 Å². The number of nitrogens with zero attached hydrogens (tertiary/aromatic N) is 2. The van der Waals surface area contributed by atoms with Gasteiger partial charge in [0, 0.05) is 23.9 Å². The highest BCUT2D eigenvalue weighted by atomic mass is 19.1.